The zero-order valence-corrected chi connectivity index (χ0v) is 16.8. The summed E-state index contributed by atoms with van der Waals surface area (Å²) in [6.07, 6.45) is 2.55. The summed E-state index contributed by atoms with van der Waals surface area (Å²) in [6.45, 7) is 14.4. The molecule has 0 bridgehead atoms. The van der Waals surface area contributed by atoms with Crippen molar-refractivity contribution in [2.75, 3.05) is 0 Å². The maximum Gasteiger partial charge on any atom is 0.244 e. The van der Waals surface area contributed by atoms with Gasteiger partial charge in [0.15, 0.2) is 0 Å². The van der Waals surface area contributed by atoms with E-state index in [2.05, 4.69) is 65.9 Å². The minimum atomic E-state index is 0.161. The summed E-state index contributed by atoms with van der Waals surface area (Å²) in [7, 11) is 0. The average Bonchev–Trinajstić information content (AvgIpc) is 2.67. The second-order valence-electron chi connectivity index (χ2n) is 8.82. The summed E-state index contributed by atoms with van der Waals surface area (Å²) in [5, 5.41) is 3.09. The summed E-state index contributed by atoms with van der Waals surface area (Å²) >= 11 is 0. The first kappa shape index (κ1) is 17.6. The van der Waals surface area contributed by atoms with Crippen LogP contribution in [0.1, 0.15) is 31.9 Å². The zero-order valence-electron chi connectivity index (χ0n) is 16.8. The van der Waals surface area contributed by atoms with Crippen molar-refractivity contribution in [2.45, 2.75) is 33.7 Å². The van der Waals surface area contributed by atoms with Crippen LogP contribution in [0.15, 0.2) is 48.8 Å². The number of benzene rings is 3. The maximum atomic E-state index is 7.47. The smallest absolute Gasteiger partial charge is 0.244 e. The first-order chi connectivity index (χ1) is 13.9. The lowest BCUT2D eigenvalue weighted by molar-refractivity contribution is 0.410. The molecule has 2 heterocycles. The Morgan fingerprint density at radius 1 is 1.07 bits per heavy atom. The largest absolute Gasteiger partial charge is 0.455 e. The number of ether oxygens (including phenoxy) is 1. The minimum absolute atomic E-state index is 0.161. The second-order valence-corrected chi connectivity index (χ2v) is 8.82. The molecule has 0 saturated heterocycles. The van der Waals surface area contributed by atoms with Crippen molar-refractivity contribution in [1.29, 1.82) is 0 Å². The molecule has 142 valence electrons. The van der Waals surface area contributed by atoms with Gasteiger partial charge in [0.25, 0.3) is 0 Å². The van der Waals surface area contributed by atoms with E-state index in [0.29, 0.717) is 0 Å². The van der Waals surface area contributed by atoms with Crippen LogP contribution in [0.2, 0.25) is 0 Å². The van der Waals surface area contributed by atoms with Crippen LogP contribution < -0.4 is 4.74 Å². The predicted molar refractivity (Wildman–Crippen MR) is 116 cm³/mol. The molecule has 0 fully saturated rings. The standard InChI is InChI=1S/C25H21N3O/c1-25(2,3)12-15-9-20-22-21(10-15)29-24-18(23(22)28-14-27-20)11-16-7-5-6-8-17(16)19(24)13-26-4/h5-11,14H,12-13H2,1-3H3. The molecule has 4 heteroatoms. The number of nitrogens with zero attached hydrogens (tertiary/aromatic N) is 3. The van der Waals surface area contributed by atoms with Gasteiger partial charge in [0.05, 0.1) is 22.2 Å². The minimum Gasteiger partial charge on any atom is -0.455 e. The third-order valence-electron chi connectivity index (χ3n) is 5.30. The van der Waals surface area contributed by atoms with Gasteiger partial charge in [-0.3, -0.25) is 0 Å². The Morgan fingerprint density at radius 3 is 2.69 bits per heavy atom. The van der Waals surface area contributed by atoms with Gasteiger partial charge in [0, 0.05) is 5.56 Å². The molecule has 3 aromatic carbocycles. The van der Waals surface area contributed by atoms with E-state index >= 15 is 0 Å². The van der Waals surface area contributed by atoms with E-state index in [-0.39, 0.29) is 12.0 Å². The van der Waals surface area contributed by atoms with Crippen LogP contribution in [-0.4, -0.2) is 9.97 Å². The van der Waals surface area contributed by atoms with Gasteiger partial charge in [-0.2, -0.15) is 0 Å². The quantitative estimate of drug-likeness (QED) is 0.326. The van der Waals surface area contributed by atoms with E-state index in [0.717, 1.165) is 56.4 Å². The van der Waals surface area contributed by atoms with Gasteiger partial charge < -0.3 is 9.58 Å². The zero-order chi connectivity index (χ0) is 20.2. The Balaban J connectivity index is 1.82. The Morgan fingerprint density at radius 2 is 1.90 bits per heavy atom. The number of fused-ring (bicyclic) bond motifs is 3. The van der Waals surface area contributed by atoms with Crippen molar-refractivity contribution in [2.24, 2.45) is 5.41 Å². The third-order valence-corrected chi connectivity index (χ3v) is 5.30. The van der Waals surface area contributed by atoms with Crippen molar-refractivity contribution in [3.63, 3.8) is 0 Å². The van der Waals surface area contributed by atoms with E-state index in [1.807, 2.05) is 12.1 Å². The third kappa shape index (κ3) is 2.91. The fourth-order valence-electron chi connectivity index (χ4n) is 4.25. The first-order valence-corrected chi connectivity index (χ1v) is 9.78. The molecule has 4 aromatic rings. The van der Waals surface area contributed by atoms with Crippen LogP contribution in [0.4, 0.5) is 0 Å². The normalized spacial score (nSPS) is 12.5. The highest BCUT2D eigenvalue weighted by Gasteiger charge is 2.27. The molecule has 1 aliphatic rings. The molecular formula is C25H21N3O. The molecule has 0 N–H and O–H groups in total. The number of aromatic nitrogens is 2. The monoisotopic (exact) mass is 379 g/mol. The molecule has 0 atom stereocenters. The SMILES string of the molecule is [C-]#[N+]Cc1c2c(cc3ccccc13)-c1ncnc3cc(CC(C)(C)C)cc(c13)O2. The Labute approximate surface area is 170 Å². The molecule has 1 aromatic heterocycles. The Kier molecular flexibility index (Phi) is 3.82. The van der Waals surface area contributed by atoms with Gasteiger partial charge in [-0.05, 0) is 46.4 Å². The summed E-state index contributed by atoms with van der Waals surface area (Å²) in [6, 6.07) is 14.5. The van der Waals surface area contributed by atoms with Gasteiger partial charge in [-0.15, -0.1) is 0 Å². The van der Waals surface area contributed by atoms with Gasteiger partial charge in [-0.25, -0.2) is 16.5 Å². The number of hydrogen-bond acceptors (Lipinski definition) is 3. The molecule has 0 amide bonds. The maximum absolute atomic E-state index is 7.47. The molecule has 5 rings (SSSR count). The molecule has 0 aliphatic carbocycles. The predicted octanol–water partition coefficient (Wildman–Crippen LogP) is 6.56. The lowest BCUT2D eigenvalue weighted by atomic mass is 9.87. The molecule has 4 nitrogen and oxygen atoms in total. The van der Waals surface area contributed by atoms with Crippen LogP contribution in [0, 0.1) is 12.0 Å². The van der Waals surface area contributed by atoms with Crippen LogP contribution in [0.5, 0.6) is 11.5 Å². The molecular weight excluding hydrogens is 358 g/mol. The van der Waals surface area contributed by atoms with Crippen LogP contribution in [0.25, 0.3) is 37.8 Å². The van der Waals surface area contributed by atoms with Gasteiger partial charge in [0.1, 0.15) is 17.8 Å². The van der Waals surface area contributed by atoms with Crippen molar-refractivity contribution in [3.05, 3.63) is 71.3 Å². The highest BCUT2D eigenvalue weighted by molar-refractivity contribution is 6.04. The summed E-state index contributed by atoms with van der Waals surface area (Å²) in [4.78, 5) is 12.8. The van der Waals surface area contributed by atoms with Gasteiger partial charge in [0.2, 0.25) is 6.54 Å². The topological polar surface area (TPSA) is 39.4 Å². The van der Waals surface area contributed by atoms with Crippen molar-refractivity contribution in [1.82, 2.24) is 9.97 Å². The Bertz CT molecular complexity index is 1330. The fourth-order valence-corrected chi connectivity index (χ4v) is 4.25. The Hall–Kier alpha value is -3.45. The lowest BCUT2D eigenvalue weighted by Crippen LogP contribution is -2.10. The highest BCUT2D eigenvalue weighted by atomic mass is 16.5. The summed E-state index contributed by atoms with van der Waals surface area (Å²) in [5.74, 6) is 1.53. The van der Waals surface area contributed by atoms with E-state index in [4.69, 9.17) is 11.3 Å². The second kappa shape index (κ2) is 6.28. The average molecular weight is 379 g/mol. The van der Waals surface area contributed by atoms with Crippen LogP contribution >= 0.6 is 0 Å². The molecule has 1 aliphatic heterocycles. The van der Waals surface area contributed by atoms with Gasteiger partial charge >= 0.3 is 0 Å². The molecule has 0 radical (unpaired) electrons. The highest BCUT2D eigenvalue weighted by Crippen LogP contribution is 2.49. The molecule has 29 heavy (non-hydrogen) atoms. The van der Waals surface area contributed by atoms with Crippen LogP contribution in [-0.2, 0) is 13.0 Å². The number of rotatable bonds is 2. The van der Waals surface area contributed by atoms with Crippen molar-refractivity contribution >= 4 is 21.7 Å². The number of hydrogen-bond donors (Lipinski definition) is 0. The van der Waals surface area contributed by atoms with E-state index in [9.17, 15) is 0 Å². The van der Waals surface area contributed by atoms with Crippen molar-refractivity contribution in [3.8, 4) is 22.8 Å². The summed E-state index contributed by atoms with van der Waals surface area (Å²) < 4.78 is 6.47. The van der Waals surface area contributed by atoms with Crippen molar-refractivity contribution < 1.29 is 4.74 Å². The van der Waals surface area contributed by atoms with E-state index in [1.165, 1.54) is 5.56 Å². The van der Waals surface area contributed by atoms with Crippen LogP contribution in [0.3, 0.4) is 0 Å². The summed E-state index contributed by atoms with van der Waals surface area (Å²) in [5.41, 5.74) is 5.00. The molecule has 0 unspecified atom stereocenters. The fraction of sp³-hybridized carbons (Fsp3) is 0.240. The van der Waals surface area contributed by atoms with E-state index in [1.54, 1.807) is 6.33 Å². The first-order valence-electron chi connectivity index (χ1n) is 9.78. The van der Waals surface area contributed by atoms with E-state index < -0.39 is 0 Å². The van der Waals surface area contributed by atoms with Gasteiger partial charge in [-0.1, -0.05) is 45.0 Å². The molecule has 0 saturated carbocycles. The lowest BCUT2D eigenvalue weighted by Gasteiger charge is -2.24. The molecule has 0 spiro atoms.